The van der Waals surface area contributed by atoms with Gasteiger partial charge in [-0.2, -0.15) is 4.31 Å². The molecule has 1 aromatic rings. The highest BCUT2D eigenvalue weighted by molar-refractivity contribution is 7.89. The van der Waals surface area contributed by atoms with Crippen molar-refractivity contribution in [3.05, 3.63) is 29.3 Å². The third-order valence-electron chi connectivity index (χ3n) is 3.30. The molecule has 7 heteroatoms. The van der Waals surface area contributed by atoms with Crippen molar-refractivity contribution in [1.29, 1.82) is 0 Å². The van der Waals surface area contributed by atoms with Gasteiger partial charge in [0, 0.05) is 24.2 Å². The van der Waals surface area contributed by atoms with Crippen LogP contribution in [0.2, 0.25) is 5.02 Å². The highest BCUT2D eigenvalue weighted by atomic mass is 35.5. The van der Waals surface area contributed by atoms with Gasteiger partial charge in [-0.15, -0.1) is 12.4 Å². The molecule has 1 saturated heterocycles. The van der Waals surface area contributed by atoms with E-state index in [1.165, 1.54) is 10.4 Å². The van der Waals surface area contributed by atoms with Crippen LogP contribution in [0.3, 0.4) is 0 Å². The minimum atomic E-state index is -3.40. The first kappa shape index (κ1) is 16.7. The number of sulfonamides is 1. The Morgan fingerprint density at radius 1 is 1.32 bits per heavy atom. The predicted molar refractivity (Wildman–Crippen MR) is 79.5 cm³/mol. The number of hydrogen-bond donors (Lipinski definition) is 1. The van der Waals surface area contributed by atoms with Gasteiger partial charge in [0.05, 0.1) is 4.90 Å². The van der Waals surface area contributed by atoms with Gasteiger partial charge in [0.25, 0.3) is 0 Å². The van der Waals surface area contributed by atoms with E-state index in [0.717, 1.165) is 12.8 Å². The van der Waals surface area contributed by atoms with Crippen LogP contribution in [0.25, 0.3) is 0 Å². The summed E-state index contributed by atoms with van der Waals surface area (Å²) in [7, 11) is -1.49. The zero-order valence-corrected chi connectivity index (χ0v) is 13.1. The molecule has 0 saturated carbocycles. The number of piperidine rings is 1. The third kappa shape index (κ3) is 3.83. The van der Waals surface area contributed by atoms with E-state index in [1.54, 1.807) is 18.2 Å². The summed E-state index contributed by atoms with van der Waals surface area (Å²) >= 11 is 5.84. The summed E-state index contributed by atoms with van der Waals surface area (Å²) in [6.45, 7) is 1.11. The van der Waals surface area contributed by atoms with E-state index >= 15 is 0 Å². The zero-order valence-electron chi connectivity index (χ0n) is 10.7. The van der Waals surface area contributed by atoms with Crippen LogP contribution in [0.5, 0.6) is 0 Å². The largest absolute Gasteiger partial charge is 0.317 e. The van der Waals surface area contributed by atoms with E-state index in [0.29, 0.717) is 24.2 Å². The normalized spacial score (nSPS) is 18.0. The second-order valence-electron chi connectivity index (χ2n) is 4.42. The number of hydrogen-bond acceptors (Lipinski definition) is 3. The van der Waals surface area contributed by atoms with Crippen molar-refractivity contribution in [2.75, 3.05) is 20.1 Å². The minimum absolute atomic E-state index is 0. The van der Waals surface area contributed by atoms with Crippen molar-refractivity contribution in [2.45, 2.75) is 23.8 Å². The van der Waals surface area contributed by atoms with Crippen LogP contribution in [0.1, 0.15) is 12.8 Å². The molecule has 1 aliphatic rings. The fourth-order valence-corrected chi connectivity index (χ4v) is 3.93. The Labute approximate surface area is 125 Å². The van der Waals surface area contributed by atoms with Crippen LogP contribution in [0.4, 0.5) is 0 Å². The molecule has 1 N–H and O–H groups in total. The molecule has 1 aromatic carbocycles. The molecule has 0 aliphatic carbocycles. The van der Waals surface area contributed by atoms with Gasteiger partial charge < -0.3 is 5.32 Å². The molecule has 0 bridgehead atoms. The Balaban J connectivity index is 0.00000180. The van der Waals surface area contributed by atoms with E-state index in [1.807, 2.05) is 7.05 Å². The van der Waals surface area contributed by atoms with Crippen molar-refractivity contribution in [2.24, 2.45) is 0 Å². The Kier molecular flexibility index (Phi) is 6.08. The van der Waals surface area contributed by atoms with E-state index in [9.17, 15) is 8.42 Å². The minimum Gasteiger partial charge on any atom is -0.317 e. The highest BCUT2D eigenvalue weighted by Gasteiger charge is 2.28. The molecule has 0 amide bonds. The Morgan fingerprint density at radius 3 is 2.47 bits per heavy atom. The summed E-state index contributed by atoms with van der Waals surface area (Å²) in [5, 5.41) is 3.63. The lowest BCUT2D eigenvalue weighted by Crippen LogP contribution is -2.43. The van der Waals surface area contributed by atoms with Crippen LogP contribution >= 0.6 is 24.0 Å². The summed E-state index contributed by atoms with van der Waals surface area (Å²) in [6, 6.07) is 6.84. The zero-order chi connectivity index (χ0) is 13.2. The molecule has 1 heterocycles. The molecule has 0 aromatic heterocycles. The number of benzene rings is 1. The van der Waals surface area contributed by atoms with Gasteiger partial charge in [-0.3, -0.25) is 0 Å². The van der Waals surface area contributed by atoms with Crippen molar-refractivity contribution >= 4 is 34.0 Å². The molecular weight excluding hydrogens is 307 g/mol. The van der Waals surface area contributed by atoms with Gasteiger partial charge in [0.15, 0.2) is 0 Å². The number of rotatable bonds is 3. The van der Waals surface area contributed by atoms with E-state index in [4.69, 9.17) is 11.6 Å². The van der Waals surface area contributed by atoms with Crippen LogP contribution in [0, 0.1) is 0 Å². The molecule has 0 unspecified atom stereocenters. The first-order valence-electron chi connectivity index (χ1n) is 5.97. The van der Waals surface area contributed by atoms with Crippen LogP contribution < -0.4 is 5.32 Å². The third-order valence-corrected chi connectivity index (χ3v) is 5.43. The molecule has 1 aliphatic heterocycles. The monoisotopic (exact) mass is 324 g/mol. The molecule has 1 fully saturated rings. The first-order chi connectivity index (χ1) is 8.54. The molecule has 2 rings (SSSR count). The van der Waals surface area contributed by atoms with Crippen LogP contribution in [-0.2, 0) is 10.0 Å². The maximum absolute atomic E-state index is 12.4. The molecule has 19 heavy (non-hydrogen) atoms. The average Bonchev–Trinajstić information content (AvgIpc) is 2.39. The van der Waals surface area contributed by atoms with Gasteiger partial charge in [-0.1, -0.05) is 17.7 Å². The predicted octanol–water partition coefficient (Wildman–Crippen LogP) is 2.13. The molecule has 0 atom stereocenters. The lowest BCUT2D eigenvalue weighted by atomic mass is 10.1. The SMILES string of the molecule is CNC1CCN(S(=O)(=O)c2cccc(Cl)c2)CC1.Cl. The van der Waals surface area contributed by atoms with Crippen molar-refractivity contribution < 1.29 is 8.42 Å². The fourth-order valence-electron chi connectivity index (χ4n) is 2.16. The molecule has 0 radical (unpaired) electrons. The van der Waals surface area contributed by atoms with Gasteiger partial charge in [0.1, 0.15) is 0 Å². The second kappa shape index (κ2) is 6.90. The number of nitrogens with one attached hydrogen (secondary N) is 1. The van der Waals surface area contributed by atoms with E-state index < -0.39 is 10.0 Å². The van der Waals surface area contributed by atoms with Gasteiger partial charge >= 0.3 is 0 Å². The smallest absolute Gasteiger partial charge is 0.243 e. The Bertz CT molecular complexity index is 514. The Hall–Kier alpha value is -0.330. The van der Waals surface area contributed by atoms with E-state index in [-0.39, 0.29) is 17.3 Å². The maximum Gasteiger partial charge on any atom is 0.243 e. The number of halogens is 2. The maximum atomic E-state index is 12.4. The number of nitrogens with zero attached hydrogens (tertiary/aromatic N) is 1. The summed E-state index contributed by atoms with van der Waals surface area (Å²) in [4.78, 5) is 0.276. The quantitative estimate of drug-likeness (QED) is 0.926. The lowest BCUT2D eigenvalue weighted by molar-refractivity contribution is 0.298. The molecule has 4 nitrogen and oxygen atoms in total. The van der Waals surface area contributed by atoms with Crippen LogP contribution in [0.15, 0.2) is 29.2 Å². The molecule has 108 valence electrons. The fraction of sp³-hybridized carbons (Fsp3) is 0.500. The average molecular weight is 325 g/mol. The van der Waals surface area contributed by atoms with Crippen molar-refractivity contribution in [1.82, 2.24) is 9.62 Å². The summed E-state index contributed by atoms with van der Waals surface area (Å²) in [5.41, 5.74) is 0. The Morgan fingerprint density at radius 2 is 1.95 bits per heavy atom. The highest BCUT2D eigenvalue weighted by Crippen LogP contribution is 2.22. The standard InChI is InChI=1S/C12H17ClN2O2S.ClH/c1-14-11-5-7-15(8-6-11)18(16,17)12-4-2-3-10(13)9-12;/h2-4,9,11,14H,5-8H2,1H3;1H. The molecule has 0 spiro atoms. The second-order valence-corrected chi connectivity index (χ2v) is 6.80. The van der Waals surface area contributed by atoms with E-state index in [2.05, 4.69) is 5.32 Å². The van der Waals surface area contributed by atoms with Gasteiger partial charge in [0.2, 0.25) is 10.0 Å². The lowest BCUT2D eigenvalue weighted by Gasteiger charge is -2.30. The molecular formula is C12H18Cl2N2O2S. The first-order valence-corrected chi connectivity index (χ1v) is 7.79. The van der Waals surface area contributed by atoms with Gasteiger partial charge in [-0.25, -0.2) is 8.42 Å². The van der Waals surface area contributed by atoms with Crippen molar-refractivity contribution in [3.63, 3.8) is 0 Å². The van der Waals surface area contributed by atoms with Crippen molar-refractivity contribution in [3.8, 4) is 0 Å². The summed E-state index contributed by atoms with van der Waals surface area (Å²) < 4.78 is 26.3. The van der Waals surface area contributed by atoms with Crippen LogP contribution in [-0.4, -0.2) is 38.9 Å². The summed E-state index contributed by atoms with van der Waals surface area (Å²) in [6.07, 6.45) is 1.69. The summed E-state index contributed by atoms with van der Waals surface area (Å²) in [5.74, 6) is 0. The van der Waals surface area contributed by atoms with Gasteiger partial charge in [-0.05, 0) is 38.1 Å². The topological polar surface area (TPSA) is 49.4 Å².